The lowest BCUT2D eigenvalue weighted by molar-refractivity contribution is -0.253. The van der Waals surface area contributed by atoms with Crippen LogP contribution in [-0.4, -0.2) is 39.6 Å². The van der Waals surface area contributed by atoms with Crippen molar-refractivity contribution in [2.75, 3.05) is 6.54 Å². The number of ether oxygens (including phenoxy) is 2. The number of nitrogens with one attached hydrogen (secondary N) is 1. The molecule has 55 heavy (non-hydrogen) atoms. The standard InChI is InChI=1S/C47H52N2O6/c50-34-37-21-23-39(24-22-37)44-29-42(33-49(31-35-13-5-3-6-14-35)32-36-15-7-4-8-16-36)54-47(55-44)40-27-25-38(26-28-40)43-18-12-11-17-41(43)30-48-45(51)19-9-1-2-10-20-46(52)53/h3-8,11-18,21-28,42,44,47,50H,1-2,9-10,19-20,29-34H2,(H,48,51)(H,52,53)/t42-,44+,47+/m1/s1. The van der Waals surface area contributed by atoms with E-state index in [1.54, 1.807) is 0 Å². The van der Waals surface area contributed by atoms with E-state index >= 15 is 0 Å². The van der Waals surface area contributed by atoms with E-state index in [0.29, 0.717) is 25.8 Å². The van der Waals surface area contributed by atoms with Crippen molar-refractivity contribution in [3.8, 4) is 11.1 Å². The number of aliphatic hydroxyl groups excluding tert-OH is 1. The maximum Gasteiger partial charge on any atom is 0.303 e. The van der Waals surface area contributed by atoms with Gasteiger partial charge >= 0.3 is 5.97 Å². The molecular weight excluding hydrogens is 689 g/mol. The molecule has 6 rings (SSSR count). The van der Waals surface area contributed by atoms with Crippen molar-refractivity contribution in [1.29, 1.82) is 0 Å². The zero-order chi connectivity index (χ0) is 38.2. The molecule has 0 spiro atoms. The summed E-state index contributed by atoms with van der Waals surface area (Å²) in [4.78, 5) is 25.8. The zero-order valence-electron chi connectivity index (χ0n) is 31.4. The predicted molar refractivity (Wildman–Crippen MR) is 214 cm³/mol. The number of carbonyl (C=O) groups excluding carboxylic acids is 1. The molecule has 1 saturated heterocycles. The molecule has 0 unspecified atom stereocenters. The fourth-order valence-corrected chi connectivity index (χ4v) is 7.16. The predicted octanol–water partition coefficient (Wildman–Crippen LogP) is 9.14. The first-order valence-corrected chi connectivity index (χ1v) is 19.4. The Hall–Kier alpha value is -5.12. The van der Waals surface area contributed by atoms with Crippen LogP contribution in [0.2, 0.25) is 0 Å². The highest BCUT2D eigenvalue weighted by Gasteiger charge is 2.33. The molecule has 1 fully saturated rings. The van der Waals surface area contributed by atoms with Gasteiger partial charge in [0.05, 0.1) is 18.8 Å². The van der Waals surface area contributed by atoms with E-state index in [1.165, 1.54) is 11.1 Å². The summed E-state index contributed by atoms with van der Waals surface area (Å²) in [5, 5.41) is 21.5. The van der Waals surface area contributed by atoms with E-state index in [-0.39, 0.29) is 31.1 Å². The second-order valence-electron chi connectivity index (χ2n) is 14.4. The highest BCUT2D eigenvalue weighted by Crippen LogP contribution is 2.39. The maximum absolute atomic E-state index is 12.6. The van der Waals surface area contributed by atoms with Crippen LogP contribution >= 0.6 is 0 Å². The third kappa shape index (κ3) is 12.2. The summed E-state index contributed by atoms with van der Waals surface area (Å²) in [6, 6.07) is 45.5. The van der Waals surface area contributed by atoms with Crippen LogP contribution < -0.4 is 5.32 Å². The van der Waals surface area contributed by atoms with Gasteiger partial charge in [0.15, 0.2) is 6.29 Å². The van der Waals surface area contributed by atoms with Gasteiger partial charge in [-0.1, -0.05) is 146 Å². The molecule has 3 N–H and O–H groups in total. The first kappa shape index (κ1) is 39.6. The van der Waals surface area contributed by atoms with Crippen molar-refractivity contribution in [1.82, 2.24) is 10.2 Å². The fraction of sp³-hybridized carbons (Fsp3) is 0.319. The first-order chi connectivity index (χ1) is 26.9. The van der Waals surface area contributed by atoms with Crippen molar-refractivity contribution in [3.63, 3.8) is 0 Å². The normalized spacial score (nSPS) is 16.9. The molecule has 286 valence electrons. The number of rotatable bonds is 19. The van der Waals surface area contributed by atoms with Gasteiger partial charge < -0.3 is 25.0 Å². The topological polar surface area (TPSA) is 108 Å². The van der Waals surface area contributed by atoms with Gasteiger partial charge in [-0.05, 0) is 51.8 Å². The molecule has 8 heteroatoms. The number of hydrogen-bond acceptors (Lipinski definition) is 6. The lowest BCUT2D eigenvalue weighted by Gasteiger charge is -2.38. The van der Waals surface area contributed by atoms with E-state index in [1.807, 2.05) is 54.6 Å². The van der Waals surface area contributed by atoms with Gasteiger partial charge in [0.2, 0.25) is 5.91 Å². The number of carboxylic acid groups (broad SMARTS) is 1. The second kappa shape index (κ2) is 20.5. The number of hydrogen-bond donors (Lipinski definition) is 3. The van der Waals surface area contributed by atoms with Crippen LogP contribution in [0.15, 0.2) is 133 Å². The minimum absolute atomic E-state index is 0.00352. The molecular formula is C47H52N2O6. The van der Waals surface area contributed by atoms with Crippen molar-refractivity contribution >= 4 is 11.9 Å². The van der Waals surface area contributed by atoms with E-state index in [0.717, 1.165) is 72.3 Å². The van der Waals surface area contributed by atoms with Crippen LogP contribution in [-0.2, 0) is 45.3 Å². The van der Waals surface area contributed by atoms with Gasteiger partial charge in [0.25, 0.3) is 0 Å². The van der Waals surface area contributed by atoms with Gasteiger partial charge in [-0.25, -0.2) is 0 Å². The van der Waals surface area contributed by atoms with Crippen LogP contribution in [0.4, 0.5) is 0 Å². The van der Waals surface area contributed by atoms with Crippen LogP contribution in [0.1, 0.15) is 90.7 Å². The Labute approximate surface area is 324 Å². The van der Waals surface area contributed by atoms with E-state index < -0.39 is 12.3 Å². The Kier molecular flexibility index (Phi) is 14.8. The van der Waals surface area contributed by atoms with Gasteiger partial charge in [-0.15, -0.1) is 0 Å². The minimum atomic E-state index is -0.776. The Morgan fingerprint density at radius 3 is 1.89 bits per heavy atom. The highest BCUT2D eigenvalue weighted by molar-refractivity contribution is 5.76. The lowest BCUT2D eigenvalue weighted by atomic mass is 9.97. The average molecular weight is 741 g/mol. The number of benzene rings is 5. The summed E-state index contributed by atoms with van der Waals surface area (Å²) in [6.45, 7) is 2.72. The van der Waals surface area contributed by atoms with Crippen molar-refractivity contribution in [2.24, 2.45) is 0 Å². The monoisotopic (exact) mass is 740 g/mol. The van der Waals surface area contributed by atoms with Crippen LogP contribution in [0.5, 0.6) is 0 Å². The zero-order valence-corrected chi connectivity index (χ0v) is 31.4. The van der Waals surface area contributed by atoms with Crippen molar-refractivity contribution < 1.29 is 29.3 Å². The van der Waals surface area contributed by atoms with Gasteiger partial charge in [-0.3, -0.25) is 14.5 Å². The number of amides is 1. The number of carboxylic acids is 1. The molecule has 0 aliphatic carbocycles. The SMILES string of the molecule is O=C(O)CCCCCCC(=O)NCc1ccccc1-c1ccc([C@H]2O[C@@H](CN(Cc3ccccc3)Cc3ccccc3)C[C@@H](c3ccc(CO)cc3)O2)cc1. The van der Waals surface area contributed by atoms with Gasteiger partial charge in [0, 0.05) is 51.0 Å². The molecule has 0 bridgehead atoms. The van der Waals surface area contributed by atoms with Gasteiger partial charge in [-0.2, -0.15) is 0 Å². The molecule has 8 nitrogen and oxygen atoms in total. The molecule has 1 amide bonds. The maximum atomic E-state index is 12.6. The van der Waals surface area contributed by atoms with Crippen LogP contribution in [0.3, 0.4) is 0 Å². The highest BCUT2D eigenvalue weighted by atomic mass is 16.7. The average Bonchev–Trinajstić information content (AvgIpc) is 3.22. The number of aliphatic hydroxyl groups is 1. The third-order valence-corrected chi connectivity index (χ3v) is 10.1. The molecule has 0 radical (unpaired) electrons. The molecule has 1 aliphatic heterocycles. The largest absolute Gasteiger partial charge is 0.481 e. The third-order valence-electron chi connectivity index (χ3n) is 10.1. The number of aliphatic carboxylic acids is 1. The summed E-state index contributed by atoms with van der Waals surface area (Å²) in [7, 11) is 0. The number of carbonyl (C=O) groups is 2. The Bertz CT molecular complexity index is 1880. The smallest absolute Gasteiger partial charge is 0.303 e. The molecule has 1 heterocycles. The molecule has 0 aromatic heterocycles. The van der Waals surface area contributed by atoms with Crippen molar-refractivity contribution in [2.45, 2.75) is 89.7 Å². The Morgan fingerprint density at radius 1 is 0.655 bits per heavy atom. The summed E-state index contributed by atoms with van der Waals surface area (Å²) >= 11 is 0. The van der Waals surface area contributed by atoms with E-state index in [4.69, 9.17) is 14.6 Å². The van der Waals surface area contributed by atoms with E-state index in [2.05, 4.69) is 89.1 Å². The quantitative estimate of drug-likeness (QED) is 0.0725. The van der Waals surface area contributed by atoms with Crippen molar-refractivity contribution in [3.05, 3.63) is 167 Å². The molecule has 0 saturated carbocycles. The molecule has 5 aromatic rings. The summed E-state index contributed by atoms with van der Waals surface area (Å²) in [6.07, 6.45) is 3.46. The fourth-order valence-electron chi connectivity index (χ4n) is 7.16. The summed E-state index contributed by atoms with van der Waals surface area (Å²) < 4.78 is 13.5. The van der Waals surface area contributed by atoms with E-state index in [9.17, 15) is 14.7 Å². The number of unbranched alkanes of at least 4 members (excludes halogenated alkanes) is 3. The first-order valence-electron chi connectivity index (χ1n) is 19.4. The Morgan fingerprint density at radius 2 is 1.25 bits per heavy atom. The van der Waals surface area contributed by atoms with Gasteiger partial charge in [0.1, 0.15) is 0 Å². The Balaban J connectivity index is 1.15. The molecule has 1 aliphatic rings. The number of nitrogens with zero attached hydrogens (tertiary/aromatic N) is 1. The summed E-state index contributed by atoms with van der Waals surface area (Å²) in [5.41, 5.74) is 8.45. The molecule has 3 atom stereocenters. The molecule has 5 aromatic carbocycles. The minimum Gasteiger partial charge on any atom is -0.481 e. The summed E-state index contributed by atoms with van der Waals surface area (Å²) in [5.74, 6) is -0.780. The second-order valence-corrected chi connectivity index (χ2v) is 14.4. The lowest BCUT2D eigenvalue weighted by Crippen LogP contribution is -2.39. The van der Waals surface area contributed by atoms with Crippen LogP contribution in [0.25, 0.3) is 11.1 Å². The van der Waals surface area contributed by atoms with Crippen LogP contribution in [0, 0.1) is 0 Å².